The molecule has 88 valence electrons. The monoisotopic (exact) mass is 339 g/mol. The number of rotatable bonds is 3. The van der Waals surface area contributed by atoms with Crippen LogP contribution in [-0.4, -0.2) is 5.78 Å². The molecule has 3 heteroatoms. The minimum absolute atomic E-state index is 0. The quantitative estimate of drug-likeness (QED) is 0.406. The van der Waals surface area contributed by atoms with E-state index in [9.17, 15) is 4.79 Å². The molecule has 0 atom stereocenters. The van der Waals surface area contributed by atoms with Gasteiger partial charge in [-0.05, 0) is 0 Å². The van der Waals surface area contributed by atoms with Crippen molar-refractivity contribution in [1.29, 1.82) is 0 Å². The summed E-state index contributed by atoms with van der Waals surface area (Å²) >= 11 is 0. The normalized spacial score (nSPS) is 9.47. The number of aryl methyl sites for hydroxylation is 1. The molecule has 1 aromatic heterocycles. The van der Waals surface area contributed by atoms with Crippen LogP contribution in [-0.2, 0) is 6.54 Å². The second kappa shape index (κ2) is 6.49. The SMILES string of the molecule is Cc1cccc[n+]1CC(=O)c1ccccc1.[I-]. The lowest BCUT2D eigenvalue weighted by atomic mass is 10.1. The Morgan fingerprint density at radius 3 is 2.35 bits per heavy atom. The average Bonchev–Trinajstić information content (AvgIpc) is 2.33. The van der Waals surface area contributed by atoms with Crippen molar-refractivity contribution in [3.8, 4) is 0 Å². The molecule has 0 radical (unpaired) electrons. The van der Waals surface area contributed by atoms with Gasteiger partial charge in [-0.2, -0.15) is 4.57 Å². The Hall–Kier alpha value is -1.23. The topological polar surface area (TPSA) is 20.9 Å². The lowest BCUT2D eigenvalue weighted by molar-refractivity contribution is -0.689. The van der Waals surface area contributed by atoms with Gasteiger partial charge in [-0.15, -0.1) is 0 Å². The van der Waals surface area contributed by atoms with Crippen molar-refractivity contribution in [3.05, 3.63) is 66.0 Å². The molecule has 0 N–H and O–H groups in total. The Balaban J connectivity index is 0.00000144. The summed E-state index contributed by atoms with van der Waals surface area (Å²) in [6.45, 7) is 2.40. The van der Waals surface area contributed by atoms with E-state index in [0.717, 1.165) is 11.3 Å². The van der Waals surface area contributed by atoms with Crippen LogP contribution in [0.5, 0.6) is 0 Å². The third kappa shape index (κ3) is 3.63. The molecule has 17 heavy (non-hydrogen) atoms. The van der Waals surface area contributed by atoms with Gasteiger partial charge in [0.1, 0.15) is 0 Å². The van der Waals surface area contributed by atoms with E-state index in [-0.39, 0.29) is 29.8 Å². The van der Waals surface area contributed by atoms with Crippen LogP contribution in [0.15, 0.2) is 54.7 Å². The van der Waals surface area contributed by atoms with Gasteiger partial charge in [-0.25, -0.2) is 0 Å². The summed E-state index contributed by atoms with van der Waals surface area (Å²) in [4.78, 5) is 11.9. The summed E-state index contributed by atoms with van der Waals surface area (Å²) in [5.74, 6) is 0.139. The molecule has 0 spiro atoms. The Labute approximate surface area is 118 Å². The number of hydrogen-bond acceptors (Lipinski definition) is 1. The van der Waals surface area contributed by atoms with Gasteiger partial charge in [-0.1, -0.05) is 36.4 Å². The Kier molecular flexibility index (Phi) is 5.28. The molecule has 0 aliphatic heterocycles. The van der Waals surface area contributed by atoms with Gasteiger partial charge in [-0.3, -0.25) is 4.79 Å². The van der Waals surface area contributed by atoms with Crippen LogP contribution in [0.4, 0.5) is 0 Å². The Morgan fingerprint density at radius 2 is 1.71 bits per heavy atom. The Bertz CT molecular complexity index is 497. The molecule has 1 heterocycles. The van der Waals surface area contributed by atoms with Crippen LogP contribution < -0.4 is 28.5 Å². The molecule has 0 amide bonds. The second-order valence-corrected chi connectivity index (χ2v) is 3.76. The molecular formula is C14H14INO. The number of hydrogen-bond donors (Lipinski definition) is 0. The van der Waals surface area contributed by atoms with Crippen LogP contribution in [0, 0.1) is 6.92 Å². The highest BCUT2D eigenvalue weighted by atomic mass is 127. The molecule has 0 aliphatic rings. The molecule has 2 aromatic rings. The Morgan fingerprint density at radius 1 is 1.06 bits per heavy atom. The van der Waals surface area contributed by atoms with Crippen LogP contribution in [0.1, 0.15) is 16.1 Å². The van der Waals surface area contributed by atoms with E-state index >= 15 is 0 Å². The standard InChI is InChI=1S/C14H14NO.HI/c1-12-7-5-6-10-15(12)11-14(16)13-8-3-2-4-9-13;/h2-10H,11H2,1H3;1H/q+1;/p-1. The maximum absolute atomic E-state index is 11.9. The van der Waals surface area contributed by atoms with Crippen LogP contribution >= 0.6 is 0 Å². The van der Waals surface area contributed by atoms with E-state index < -0.39 is 0 Å². The van der Waals surface area contributed by atoms with Crippen molar-refractivity contribution in [2.75, 3.05) is 0 Å². The minimum atomic E-state index is 0. The van der Waals surface area contributed by atoms with Crippen molar-refractivity contribution in [3.63, 3.8) is 0 Å². The smallest absolute Gasteiger partial charge is 0.227 e. The molecule has 2 rings (SSSR count). The van der Waals surface area contributed by atoms with E-state index in [1.165, 1.54) is 0 Å². The zero-order chi connectivity index (χ0) is 11.4. The van der Waals surface area contributed by atoms with Gasteiger partial charge in [0.2, 0.25) is 12.3 Å². The summed E-state index contributed by atoms with van der Waals surface area (Å²) in [6.07, 6.45) is 1.93. The van der Waals surface area contributed by atoms with Gasteiger partial charge >= 0.3 is 0 Å². The van der Waals surface area contributed by atoms with Crippen molar-refractivity contribution >= 4 is 5.78 Å². The maximum Gasteiger partial charge on any atom is 0.227 e. The third-order valence-corrected chi connectivity index (χ3v) is 2.58. The summed E-state index contributed by atoms with van der Waals surface area (Å²) in [5, 5.41) is 0. The summed E-state index contributed by atoms with van der Waals surface area (Å²) in [5.41, 5.74) is 1.85. The van der Waals surface area contributed by atoms with Crippen molar-refractivity contribution in [1.82, 2.24) is 0 Å². The summed E-state index contributed by atoms with van der Waals surface area (Å²) in [6, 6.07) is 15.3. The number of carbonyl (C=O) groups excluding carboxylic acids is 1. The van der Waals surface area contributed by atoms with Gasteiger partial charge < -0.3 is 24.0 Å². The van der Waals surface area contributed by atoms with E-state index in [1.54, 1.807) is 0 Å². The first-order chi connectivity index (χ1) is 7.77. The number of ketones is 1. The summed E-state index contributed by atoms with van der Waals surface area (Å²) in [7, 11) is 0. The maximum atomic E-state index is 11.9. The van der Waals surface area contributed by atoms with E-state index in [1.807, 2.05) is 66.2 Å². The van der Waals surface area contributed by atoms with Gasteiger partial charge in [0.25, 0.3) is 0 Å². The van der Waals surface area contributed by atoms with E-state index in [4.69, 9.17) is 0 Å². The largest absolute Gasteiger partial charge is 1.00 e. The molecule has 0 saturated heterocycles. The van der Waals surface area contributed by atoms with Gasteiger partial charge in [0.15, 0.2) is 11.9 Å². The number of Topliss-reactive ketones (excluding diaryl/α,β-unsaturated/α-hetero) is 1. The predicted octanol–water partition coefficient (Wildman–Crippen LogP) is -0.831. The fourth-order valence-electron chi connectivity index (χ4n) is 1.61. The third-order valence-electron chi connectivity index (χ3n) is 2.58. The number of pyridine rings is 1. The number of benzene rings is 1. The molecular weight excluding hydrogens is 325 g/mol. The molecule has 0 unspecified atom stereocenters. The summed E-state index contributed by atoms with van der Waals surface area (Å²) < 4.78 is 1.95. The first kappa shape index (κ1) is 13.8. The van der Waals surface area contributed by atoms with Crippen LogP contribution in [0.2, 0.25) is 0 Å². The molecule has 1 aromatic carbocycles. The van der Waals surface area contributed by atoms with Crippen molar-refractivity contribution in [2.24, 2.45) is 0 Å². The lowest BCUT2D eigenvalue weighted by Crippen LogP contribution is -3.00. The predicted molar refractivity (Wildman–Crippen MR) is 62.1 cm³/mol. The van der Waals surface area contributed by atoms with E-state index in [2.05, 4.69) is 0 Å². The van der Waals surface area contributed by atoms with Gasteiger partial charge in [0, 0.05) is 24.6 Å². The van der Waals surface area contributed by atoms with Crippen molar-refractivity contribution < 1.29 is 33.3 Å². The highest BCUT2D eigenvalue weighted by Crippen LogP contribution is 2.00. The number of aromatic nitrogens is 1. The van der Waals surface area contributed by atoms with Crippen LogP contribution in [0.25, 0.3) is 0 Å². The van der Waals surface area contributed by atoms with Gasteiger partial charge in [0.05, 0.1) is 0 Å². The van der Waals surface area contributed by atoms with Crippen molar-refractivity contribution in [2.45, 2.75) is 13.5 Å². The molecule has 0 bridgehead atoms. The second-order valence-electron chi connectivity index (χ2n) is 3.76. The highest BCUT2D eigenvalue weighted by molar-refractivity contribution is 5.94. The number of halogens is 1. The minimum Gasteiger partial charge on any atom is -1.00 e. The van der Waals surface area contributed by atoms with E-state index in [0.29, 0.717) is 6.54 Å². The van der Waals surface area contributed by atoms with Crippen LogP contribution in [0.3, 0.4) is 0 Å². The first-order valence-corrected chi connectivity index (χ1v) is 5.31. The zero-order valence-corrected chi connectivity index (χ0v) is 11.8. The fourth-order valence-corrected chi connectivity index (χ4v) is 1.61. The molecule has 0 aliphatic carbocycles. The average molecular weight is 339 g/mol. The first-order valence-electron chi connectivity index (χ1n) is 5.31. The molecule has 0 fully saturated rings. The zero-order valence-electron chi connectivity index (χ0n) is 9.64. The molecule has 2 nitrogen and oxygen atoms in total. The molecule has 0 saturated carbocycles. The highest BCUT2D eigenvalue weighted by Gasteiger charge is 2.12. The lowest BCUT2D eigenvalue weighted by Gasteiger charge is -1.99. The fraction of sp³-hybridized carbons (Fsp3) is 0.143. The number of nitrogens with zero attached hydrogens (tertiary/aromatic N) is 1. The number of carbonyl (C=O) groups is 1.